The van der Waals surface area contributed by atoms with Gasteiger partial charge in [0, 0.05) is 37.7 Å². The smallest absolute Gasteiger partial charge is 0.264 e. The molecule has 0 bridgehead atoms. The van der Waals surface area contributed by atoms with Gasteiger partial charge in [-0.1, -0.05) is 38.1 Å². The van der Waals surface area contributed by atoms with Gasteiger partial charge in [-0.3, -0.25) is 13.9 Å². The highest BCUT2D eigenvalue weighted by molar-refractivity contribution is 7.92. The average molecular weight is 444 g/mol. The first-order valence-corrected chi connectivity index (χ1v) is 11.9. The third-order valence-corrected chi connectivity index (χ3v) is 7.29. The molecule has 0 radical (unpaired) electrons. The third kappa shape index (κ3) is 5.25. The lowest BCUT2D eigenvalue weighted by Gasteiger charge is -2.33. The summed E-state index contributed by atoms with van der Waals surface area (Å²) in [5, 5.41) is 2.98. The maximum atomic E-state index is 13.0. The molecular weight excluding hydrogens is 414 g/mol. The summed E-state index contributed by atoms with van der Waals surface area (Å²) in [6.07, 6.45) is 1.36. The van der Waals surface area contributed by atoms with Crippen LogP contribution in [0.5, 0.6) is 0 Å². The first-order chi connectivity index (χ1) is 14.7. The minimum atomic E-state index is -3.80. The van der Waals surface area contributed by atoms with E-state index in [1.54, 1.807) is 36.4 Å². The molecule has 7 nitrogen and oxygen atoms in total. The topological polar surface area (TPSA) is 86.8 Å². The summed E-state index contributed by atoms with van der Waals surface area (Å²) in [5.74, 6) is -0.219. The fraction of sp³-hybridized carbons (Fsp3) is 0.391. The van der Waals surface area contributed by atoms with Crippen molar-refractivity contribution < 1.29 is 18.0 Å². The van der Waals surface area contributed by atoms with Crippen LogP contribution >= 0.6 is 0 Å². The number of anilines is 1. The number of nitrogens with zero attached hydrogens (tertiary/aromatic N) is 2. The highest BCUT2D eigenvalue weighted by Gasteiger charge is 2.26. The Bertz CT molecular complexity index is 1030. The van der Waals surface area contributed by atoms with E-state index in [4.69, 9.17) is 0 Å². The summed E-state index contributed by atoms with van der Waals surface area (Å²) in [4.78, 5) is 26.8. The maximum absolute atomic E-state index is 13.0. The Hall–Kier alpha value is -2.87. The lowest BCUT2D eigenvalue weighted by molar-refractivity contribution is -0.135. The molecule has 0 atom stereocenters. The van der Waals surface area contributed by atoms with E-state index in [-0.39, 0.29) is 28.7 Å². The summed E-state index contributed by atoms with van der Waals surface area (Å²) in [5.41, 5.74) is 0.836. The Morgan fingerprint density at radius 2 is 1.68 bits per heavy atom. The van der Waals surface area contributed by atoms with Crippen LogP contribution in [0.25, 0.3) is 0 Å². The van der Waals surface area contributed by atoms with E-state index >= 15 is 0 Å². The number of hydrogen-bond acceptors (Lipinski definition) is 4. The van der Waals surface area contributed by atoms with Gasteiger partial charge >= 0.3 is 0 Å². The quantitative estimate of drug-likeness (QED) is 0.744. The van der Waals surface area contributed by atoms with Gasteiger partial charge in [-0.25, -0.2) is 8.42 Å². The van der Waals surface area contributed by atoms with Crippen molar-refractivity contribution in [2.45, 2.75) is 37.6 Å². The molecule has 1 heterocycles. The molecule has 31 heavy (non-hydrogen) atoms. The number of carbonyl (C=O) groups is 2. The van der Waals surface area contributed by atoms with Crippen molar-refractivity contribution >= 4 is 27.5 Å². The Morgan fingerprint density at radius 3 is 2.29 bits per heavy atom. The molecular formula is C23H29N3O4S. The molecule has 1 aliphatic rings. The largest absolute Gasteiger partial charge is 0.349 e. The van der Waals surface area contributed by atoms with Crippen LogP contribution in [0.3, 0.4) is 0 Å². The van der Waals surface area contributed by atoms with Gasteiger partial charge in [0.25, 0.3) is 15.9 Å². The standard InChI is InChI=1S/C23H29N3O4S/c1-17(2)23(28)26-14-12-19(13-15-26)24-22(27)18-8-7-11-21(16-18)31(29,30)25(3)20-9-5-4-6-10-20/h4-11,16-17,19H,12-15H2,1-3H3,(H,24,27). The predicted molar refractivity (Wildman–Crippen MR) is 120 cm³/mol. The number of carbonyl (C=O) groups excluding carboxylic acids is 2. The number of hydrogen-bond donors (Lipinski definition) is 1. The maximum Gasteiger partial charge on any atom is 0.264 e. The van der Waals surface area contributed by atoms with Crippen molar-refractivity contribution in [3.8, 4) is 0 Å². The van der Waals surface area contributed by atoms with Crippen LogP contribution < -0.4 is 9.62 Å². The summed E-state index contributed by atoms with van der Waals surface area (Å²) in [6.45, 7) is 4.98. The van der Waals surface area contributed by atoms with Crippen LogP contribution in [0.15, 0.2) is 59.5 Å². The lowest BCUT2D eigenvalue weighted by atomic mass is 10.0. The highest BCUT2D eigenvalue weighted by atomic mass is 32.2. The third-order valence-electron chi connectivity index (χ3n) is 5.51. The highest BCUT2D eigenvalue weighted by Crippen LogP contribution is 2.22. The molecule has 2 aromatic carbocycles. The zero-order valence-corrected chi connectivity index (χ0v) is 18.9. The number of likely N-dealkylation sites (tertiary alicyclic amines) is 1. The van der Waals surface area contributed by atoms with Gasteiger partial charge in [0.15, 0.2) is 0 Å². The van der Waals surface area contributed by atoms with Crippen LogP contribution in [0.1, 0.15) is 37.0 Å². The molecule has 1 aliphatic heterocycles. The van der Waals surface area contributed by atoms with E-state index in [1.807, 2.05) is 24.8 Å². The number of para-hydroxylation sites is 1. The van der Waals surface area contributed by atoms with Crippen molar-refractivity contribution in [2.75, 3.05) is 24.4 Å². The number of rotatable bonds is 6. The number of nitrogens with one attached hydrogen (secondary N) is 1. The minimum absolute atomic E-state index is 0.0372. The van der Waals surface area contributed by atoms with Crippen LogP contribution in [0.4, 0.5) is 5.69 Å². The molecule has 166 valence electrons. The number of benzene rings is 2. The Balaban J connectivity index is 1.68. The van der Waals surface area contributed by atoms with Gasteiger partial charge < -0.3 is 10.2 Å². The Morgan fingerprint density at radius 1 is 1.03 bits per heavy atom. The summed E-state index contributed by atoms with van der Waals surface area (Å²) in [6, 6.07) is 14.8. The fourth-order valence-electron chi connectivity index (χ4n) is 3.61. The van der Waals surface area contributed by atoms with Gasteiger partial charge in [-0.2, -0.15) is 0 Å². The Kier molecular flexibility index (Phi) is 7.00. The molecule has 3 rings (SSSR count). The molecule has 2 amide bonds. The molecule has 0 saturated carbocycles. The molecule has 1 fully saturated rings. The number of amides is 2. The normalized spacial score (nSPS) is 15.0. The molecule has 0 aliphatic carbocycles. The minimum Gasteiger partial charge on any atom is -0.349 e. The van der Waals surface area contributed by atoms with E-state index in [9.17, 15) is 18.0 Å². The van der Waals surface area contributed by atoms with Crippen molar-refractivity contribution in [1.82, 2.24) is 10.2 Å². The zero-order valence-electron chi connectivity index (χ0n) is 18.1. The first-order valence-electron chi connectivity index (χ1n) is 10.4. The second-order valence-electron chi connectivity index (χ2n) is 8.06. The van der Waals surface area contributed by atoms with E-state index in [2.05, 4.69) is 5.32 Å². The van der Waals surface area contributed by atoms with Gasteiger partial charge in [0.2, 0.25) is 5.91 Å². The van der Waals surface area contributed by atoms with E-state index in [0.29, 0.717) is 37.2 Å². The van der Waals surface area contributed by atoms with Crippen molar-refractivity contribution in [2.24, 2.45) is 5.92 Å². The number of sulfonamides is 1. The van der Waals surface area contributed by atoms with Crippen molar-refractivity contribution in [1.29, 1.82) is 0 Å². The molecule has 1 saturated heterocycles. The second-order valence-corrected chi connectivity index (χ2v) is 10.0. The van der Waals surface area contributed by atoms with E-state index in [0.717, 1.165) is 0 Å². The lowest BCUT2D eigenvalue weighted by Crippen LogP contribution is -2.47. The van der Waals surface area contributed by atoms with Crippen LogP contribution in [-0.2, 0) is 14.8 Å². The van der Waals surface area contributed by atoms with Gasteiger partial charge in [-0.05, 0) is 43.2 Å². The van der Waals surface area contributed by atoms with Crippen molar-refractivity contribution in [3.05, 3.63) is 60.2 Å². The summed E-state index contributed by atoms with van der Waals surface area (Å²) in [7, 11) is -2.31. The van der Waals surface area contributed by atoms with Gasteiger partial charge in [-0.15, -0.1) is 0 Å². The first kappa shape index (κ1) is 22.8. The average Bonchev–Trinajstić information content (AvgIpc) is 2.79. The number of piperidine rings is 1. The van der Waals surface area contributed by atoms with E-state index in [1.165, 1.54) is 23.5 Å². The molecule has 8 heteroatoms. The van der Waals surface area contributed by atoms with E-state index < -0.39 is 10.0 Å². The molecule has 1 N–H and O–H groups in total. The van der Waals surface area contributed by atoms with Crippen LogP contribution in [0.2, 0.25) is 0 Å². The monoisotopic (exact) mass is 443 g/mol. The summed E-state index contributed by atoms with van der Waals surface area (Å²) >= 11 is 0. The van der Waals surface area contributed by atoms with Crippen LogP contribution in [-0.4, -0.2) is 51.3 Å². The molecule has 0 spiro atoms. The second kappa shape index (κ2) is 9.51. The molecule has 2 aromatic rings. The van der Waals surface area contributed by atoms with Crippen LogP contribution in [0, 0.1) is 5.92 Å². The zero-order chi connectivity index (χ0) is 22.6. The van der Waals surface area contributed by atoms with Crippen molar-refractivity contribution in [3.63, 3.8) is 0 Å². The Labute approximate surface area is 184 Å². The fourth-order valence-corrected chi connectivity index (χ4v) is 4.85. The summed E-state index contributed by atoms with van der Waals surface area (Å²) < 4.78 is 27.2. The molecule has 0 aromatic heterocycles. The van der Waals surface area contributed by atoms with Gasteiger partial charge in [0.1, 0.15) is 0 Å². The van der Waals surface area contributed by atoms with Gasteiger partial charge in [0.05, 0.1) is 10.6 Å². The molecule has 0 unspecified atom stereocenters. The predicted octanol–water partition coefficient (Wildman–Crippen LogP) is 2.89. The SMILES string of the molecule is CC(C)C(=O)N1CCC(NC(=O)c2cccc(S(=O)(=O)N(C)c3ccccc3)c2)CC1.